The van der Waals surface area contributed by atoms with Crippen molar-refractivity contribution < 1.29 is 31.1 Å². The van der Waals surface area contributed by atoms with E-state index in [1.807, 2.05) is 0 Å². The lowest BCUT2D eigenvalue weighted by atomic mass is 9.89. The highest BCUT2D eigenvalue weighted by molar-refractivity contribution is 5.63. The molecule has 2 aliphatic rings. The van der Waals surface area contributed by atoms with Crippen molar-refractivity contribution in [2.24, 2.45) is 0 Å². The monoisotopic (exact) mass is 579 g/mol. The van der Waals surface area contributed by atoms with Gasteiger partial charge in [0.2, 0.25) is 5.95 Å². The Kier molecular flexibility index (Phi) is 8.58. The number of rotatable bonds is 7. The minimum atomic E-state index is -4.77. The van der Waals surface area contributed by atoms with Crippen LogP contribution in [0, 0.1) is 0 Å². The molecule has 5 rings (SSSR count). The van der Waals surface area contributed by atoms with Crippen molar-refractivity contribution in [1.29, 1.82) is 0 Å². The predicted molar refractivity (Wildman–Crippen MR) is 144 cm³/mol. The van der Waals surface area contributed by atoms with Gasteiger partial charge in [0.15, 0.2) is 0 Å². The van der Waals surface area contributed by atoms with Crippen LogP contribution in [0.3, 0.4) is 0 Å². The van der Waals surface area contributed by atoms with Crippen molar-refractivity contribution in [3.05, 3.63) is 66.5 Å². The summed E-state index contributed by atoms with van der Waals surface area (Å²) < 4.78 is 80.6. The number of hydrogen-bond acceptors (Lipinski definition) is 6. The molecule has 12 heteroatoms. The highest BCUT2D eigenvalue weighted by atomic mass is 19.4. The molecule has 2 N–H and O–H groups in total. The summed E-state index contributed by atoms with van der Waals surface area (Å²) in [4.78, 5) is 10.9. The van der Waals surface area contributed by atoms with Gasteiger partial charge in [-0.2, -0.15) is 13.2 Å². The van der Waals surface area contributed by atoms with E-state index < -0.39 is 18.1 Å². The Bertz CT molecular complexity index is 1280. The zero-order chi connectivity index (χ0) is 29.0. The third-order valence-electron chi connectivity index (χ3n) is 7.56. The zero-order valence-corrected chi connectivity index (χ0v) is 22.2. The molecule has 0 bridgehead atoms. The van der Waals surface area contributed by atoms with Crippen LogP contribution in [0.1, 0.15) is 44.1 Å². The fourth-order valence-corrected chi connectivity index (χ4v) is 5.61. The molecule has 1 aliphatic heterocycles. The van der Waals surface area contributed by atoms with E-state index in [0.717, 1.165) is 62.9 Å². The number of anilines is 2. The molecule has 2 heterocycles. The molecule has 1 aromatic heterocycles. The van der Waals surface area contributed by atoms with E-state index in [1.165, 1.54) is 30.3 Å². The van der Waals surface area contributed by atoms with Crippen molar-refractivity contribution in [1.82, 2.24) is 15.3 Å². The van der Waals surface area contributed by atoms with Gasteiger partial charge in [0, 0.05) is 54.9 Å². The summed E-state index contributed by atoms with van der Waals surface area (Å²) in [6, 6.07) is 11.4. The van der Waals surface area contributed by atoms with Gasteiger partial charge < -0.3 is 20.3 Å². The van der Waals surface area contributed by atoms with Crippen molar-refractivity contribution in [3.8, 4) is 16.9 Å². The molecule has 1 saturated heterocycles. The molecule has 220 valence electrons. The molecule has 0 spiro atoms. The number of ether oxygens (including phenoxy) is 1. The number of piperidine rings is 1. The number of nitrogens with zero attached hydrogens (tertiary/aromatic N) is 3. The first-order valence-corrected chi connectivity index (χ1v) is 13.7. The summed E-state index contributed by atoms with van der Waals surface area (Å²) in [5.41, 5.74) is 1.20. The topological polar surface area (TPSA) is 62.3 Å². The Balaban J connectivity index is 1.20. The van der Waals surface area contributed by atoms with Crippen LogP contribution in [0.2, 0.25) is 0 Å². The number of benzene rings is 2. The van der Waals surface area contributed by atoms with E-state index in [1.54, 1.807) is 18.5 Å². The highest BCUT2D eigenvalue weighted by Gasteiger charge is 2.33. The van der Waals surface area contributed by atoms with Crippen LogP contribution < -0.4 is 20.3 Å². The number of hydrogen-bond donors (Lipinski definition) is 2. The molecule has 2 fully saturated rings. The van der Waals surface area contributed by atoms with Crippen LogP contribution in [0.5, 0.6) is 5.75 Å². The van der Waals surface area contributed by atoms with Crippen molar-refractivity contribution in [2.75, 3.05) is 23.3 Å². The summed E-state index contributed by atoms with van der Waals surface area (Å²) in [6.07, 6.45) is -0.0461. The van der Waals surface area contributed by atoms with Gasteiger partial charge in [-0.15, -0.1) is 13.2 Å². The number of alkyl halides is 6. The molecule has 0 unspecified atom stereocenters. The van der Waals surface area contributed by atoms with Gasteiger partial charge in [0.1, 0.15) is 5.75 Å². The van der Waals surface area contributed by atoms with Crippen LogP contribution in [0.15, 0.2) is 60.9 Å². The maximum atomic E-state index is 13.0. The third kappa shape index (κ3) is 7.81. The Hall–Kier alpha value is -3.54. The molecule has 2 aromatic carbocycles. The fourth-order valence-electron chi connectivity index (χ4n) is 5.61. The van der Waals surface area contributed by atoms with Gasteiger partial charge >= 0.3 is 12.5 Å². The summed E-state index contributed by atoms with van der Waals surface area (Å²) in [5.74, 6) is 0.123. The average Bonchev–Trinajstić information content (AvgIpc) is 2.94. The van der Waals surface area contributed by atoms with E-state index >= 15 is 0 Å². The average molecular weight is 580 g/mol. The smallest absolute Gasteiger partial charge is 0.406 e. The molecular formula is C29H31F6N5O. The standard InChI is InChI=1S/C29H31F6N5O/c30-28(31,32)21-10-12-23(13-11-21)40-14-4-6-22(18-40)38-25-8-1-2-9-26(25)39-27-36-16-20(17-37-27)19-5-3-7-24(15-19)41-29(33,34)35/h3,5,7,10-13,15-17,22,25-26,38H,1-2,4,6,8-9,14,18H2,(H,36,37,39)/t22-,25+,26+/m0/s1. The molecule has 3 atom stereocenters. The first-order chi connectivity index (χ1) is 19.5. The first kappa shape index (κ1) is 29.0. The van der Waals surface area contributed by atoms with E-state index in [-0.39, 0.29) is 23.9 Å². The van der Waals surface area contributed by atoms with Crippen LogP contribution in [0.25, 0.3) is 11.1 Å². The van der Waals surface area contributed by atoms with Crippen molar-refractivity contribution in [3.63, 3.8) is 0 Å². The van der Waals surface area contributed by atoms with Crippen LogP contribution in [-0.4, -0.2) is 47.5 Å². The molecule has 41 heavy (non-hydrogen) atoms. The predicted octanol–water partition coefficient (Wildman–Crippen LogP) is 7.04. The minimum Gasteiger partial charge on any atom is -0.406 e. The van der Waals surface area contributed by atoms with Gasteiger partial charge in [-0.3, -0.25) is 0 Å². The van der Waals surface area contributed by atoms with Crippen molar-refractivity contribution >= 4 is 11.6 Å². The maximum absolute atomic E-state index is 13.0. The molecular weight excluding hydrogens is 548 g/mol. The first-order valence-electron chi connectivity index (χ1n) is 13.7. The Labute approximate surface area is 234 Å². The van der Waals surface area contributed by atoms with Gasteiger partial charge in [-0.1, -0.05) is 25.0 Å². The van der Waals surface area contributed by atoms with Gasteiger partial charge in [-0.05, 0) is 67.6 Å². The fraction of sp³-hybridized carbons (Fsp3) is 0.448. The molecule has 1 aliphatic carbocycles. The largest absolute Gasteiger partial charge is 0.573 e. The van der Waals surface area contributed by atoms with E-state index in [2.05, 4.69) is 30.2 Å². The number of halogens is 6. The molecule has 1 saturated carbocycles. The summed E-state index contributed by atoms with van der Waals surface area (Å²) in [6.45, 7) is 1.50. The highest BCUT2D eigenvalue weighted by Crippen LogP contribution is 2.32. The van der Waals surface area contributed by atoms with E-state index in [0.29, 0.717) is 23.6 Å². The van der Waals surface area contributed by atoms with Crippen molar-refractivity contribution in [2.45, 2.75) is 69.2 Å². The van der Waals surface area contributed by atoms with Crippen LogP contribution in [0.4, 0.5) is 38.0 Å². The van der Waals surface area contributed by atoms with Gasteiger partial charge in [0.25, 0.3) is 0 Å². The van der Waals surface area contributed by atoms with E-state index in [9.17, 15) is 26.3 Å². The summed E-state index contributed by atoms with van der Waals surface area (Å²) >= 11 is 0. The SMILES string of the molecule is FC(F)(F)Oc1cccc(-c2cnc(N[C@@H]3CCCC[C@H]3N[C@H]3CCCN(c4ccc(C(F)(F)F)cc4)C3)nc2)c1. The van der Waals surface area contributed by atoms with Gasteiger partial charge in [-0.25, -0.2) is 9.97 Å². The van der Waals surface area contributed by atoms with E-state index in [4.69, 9.17) is 0 Å². The quantitative estimate of drug-likeness (QED) is 0.293. The second-order valence-electron chi connectivity index (χ2n) is 10.5. The Morgan fingerprint density at radius 3 is 2.20 bits per heavy atom. The molecule has 6 nitrogen and oxygen atoms in total. The number of aromatic nitrogens is 2. The lowest BCUT2D eigenvalue weighted by molar-refractivity contribution is -0.274. The molecule has 3 aromatic rings. The normalized spacial score (nSPS) is 21.9. The number of nitrogens with one attached hydrogen (secondary N) is 2. The minimum absolute atomic E-state index is 0.0829. The van der Waals surface area contributed by atoms with Crippen LogP contribution >= 0.6 is 0 Å². The summed E-state index contributed by atoms with van der Waals surface area (Å²) in [5, 5.41) is 7.21. The van der Waals surface area contributed by atoms with Gasteiger partial charge in [0.05, 0.1) is 5.56 Å². The Morgan fingerprint density at radius 2 is 1.51 bits per heavy atom. The summed E-state index contributed by atoms with van der Waals surface area (Å²) in [7, 11) is 0. The van der Waals surface area contributed by atoms with Crippen LogP contribution in [-0.2, 0) is 6.18 Å². The maximum Gasteiger partial charge on any atom is 0.573 e. The third-order valence-corrected chi connectivity index (χ3v) is 7.56. The second-order valence-corrected chi connectivity index (χ2v) is 10.5. The molecule has 0 radical (unpaired) electrons. The lowest BCUT2D eigenvalue weighted by Gasteiger charge is -2.40. The lowest BCUT2D eigenvalue weighted by Crippen LogP contribution is -2.55. The second kappa shape index (κ2) is 12.1. The Morgan fingerprint density at radius 1 is 0.805 bits per heavy atom. The zero-order valence-electron chi connectivity index (χ0n) is 22.2. The molecule has 0 amide bonds.